The molecule has 0 spiro atoms. The van der Waals surface area contributed by atoms with E-state index in [1.54, 1.807) is 23.5 Å². The highest BCUT2D eigenvalue weighted by atomic mass is 32.1. The fourth-order valence-corrected chi connectivity index (χ4v) is 2.90. The molecule has 0 unspecified atom stereocenters. The average molecular weight is 285 g/mol. The average Bonchev–Trinajstić information content (AvgIpc) is 2.75. The number of phenolic OH excluding ortho intramolecular Hbond substituents is 1. The minimum Gasteiger partial charge on any atom is -0.508 e. The van der Waals surface area contributed by atoms with Gasteiger partial charge in [0.2, 0.25) is 0 Å². The molecular weight excluding hydrogens is 270 g/mol. The van der Waals surface area contributed by atoms with Gasteiger partial charge in [-0.2, -0.15) is 0 Å². The second-order valence-electron chi connectivity index (χ2n) is 4.73. The van der Waals surface area contributed by atoms with Gasteiger partial charge in [0, 0.05) is 4.88 Å². The van der Waals surface area contributed by atoms with Crippen molar-refractivity contribution in [1.29, 1.82) is 0 Å². The molecule has 0 aliphatic heterocycles. The molecule has 0 saturated heterocycles. The van der Waals surface area contributed by atoms with Gasteiger partial charge in [0.15, 0.2) is 0 Å². The number of hydrogen-bond acceptors (Lipinski definition) is 4. The van der Waals surface area contributed by atoms with Crippen LogP contribution in [-0.4, -0.2) is 10.1 Å². The monoisotopic (exact) mass is 285 g/mol. The van der Waals surface area contributed by atoms with E-state index in [-0.39, 0.29) is 5.75 Å². The summed E-state index contributed by atoms with van der Waals surface area (Å²) in [6.45, 7) is 4.55. The lowest BCUT2D eigenvalue weighted by Gasteiger charge is -2.06. The molecule has 102 valence electrons. The molecule has 0 fully saturated rings. The first-order chi connectivity index (χ1) is 9.61. The SMILES string of the molecule is Cc1nc(COc2ccc3ccc(O)cc3c2)sc1C. The maximum atomic E-state index is 9.51. The van der Waals surface area contributed by atoms with E-state index in [0.717, 1.165) is 27.2 Å². The van der Waals surface area contributed by atoms with Crippen LogP contribution in [0.25, 0.3) is 10.8 Å². The smallest absolute Gasteiger partial charge is 0.140 e. The Bertz CT molecular complexity index is 745. The van der Waals surface area contributed by atoms with Gasteiger partial charge in [0.05, 0.1) is 5.69 Å². The van der Waals surface area contributed by atoms with Crippen LogP contribution in [-0.2, 0) is 6.61 Å². The summed E-state index contributed by atoms with van der Waals surface area (Å²) >= 11 is 1.66. The first-order valence-corrected chi connectivity index (χ1v) is 7.22. The van der Waals surface area contributed by atoms with Crippen molar-refractivity contribution in [1.82, 2.24) is 4.98 Å². The number of thiazole rings is 1. The minimum absolute atomic E-state index is 0.265. The van der Waals surface area contributed by atoms with Crippen LogP contribution < -0.4 is 4.74 Å². The van der Waals surface area contributed by atoms with Crippen LogP contribution in [0.5, 0.6) is 11.5 Å². The highest BCUT2D eigenvalue weighted by Gasteiger charge is 2.05. The van der Waals surface area contributed by atoms with E-state index in [9.17, 15) is 5.11 Å². The van der Waals surface area contributed by atoms with Gasteiger partial charge in [-0.25, -0.2) is 4.98 Å². The van der Waals surface area contributed by atoms with Crippen molar-refractivity contribution < 1.29 is 9.84 Å². The normalized spacial score (nSPS) is 10.9. The Morgan fingerprint density at radius 3 is 2.65 bits per heavy atom. The number of benzene rings is 2. The van der Waals surface area contributed by atoms with Crippen LogP contribution in [0, 0.1) is 13.8 Å². The van der Waals surface area contributed by atoms with Crippen molar-refractivity contribution in [2.75, 3.05) is 0 Å². The summed E-state index contributed by atoms with van der Waals surface area (Å²) in [7, 11) is 0. The zero-order valence-corrected chi connectivity index (χ0v) is 12.2. The van der Waals surface area contributed by atoms with Crippen molar-refractivity contribution in [2.24, 2.45) is 0 Å². The molecule has 0 aliphatic carbocycles. The maximum absolute atomic E-state index is 9.51. The summed E-state index contributed by atoms with van der Waals surface area (Å²) < 4.78 is 5.77. The Kier molecular flexibility index (Phi) is 3.32. The second kappa shape index (κ2) is 5.13. The van der Waals surface area contributed by atoms with Gasteiger partial charge >= 0.3 is 0 Å². The molecule has 0 saturated carbocycles. The van der Waals surface area contributed by atoms with E-state index in [2.05, 4.69) is 11.9 Å². The molecule has 0 atom stereocenters. The maximum Gasteiger partial charge on any atom is 0.140 e. The molecule has 1 heterocycles. The molecular formula is C16H15NO2S. The Labute approximate surface area is 121 Å². The van der Waals surface area contributed by atoms with Crippen molar-refractivity contribution in [3.63, 3.8) is 0 Å². The zero-order chi connectivity index (χ0) is 14.1. The van der Waals surface area contributed by atoms with E-state index < -0.39 is 0 Å². The number of aromatic nitrogens is 1. The van der Waals surface area contributed by atoms with Gasteiger partial charge in [-0.1, -0.05) is 12.1 Å². The van der Waals surface area contributed by atoms with Gasteiger partial charge in [-0.15, -0.1) is 11.3 Å². The summed E-state index contributed by atoms with van der Waals surface area (Å²) in [5.41, 5.74) is 1.07. The highest BCUT2D eigenvalue weighted by molar-refractivity contribution is 7.11. The number of ether oxygens (including phenoxy) is 1. The third kappa shape index (κ3) is 2.60. The number of aryl methyl sites for hydroxylation is 2. The van der Waals surface area contributed by atoms with Crippen LogP contribution in [0.3, 0.4) is 0 Å². The molecule has 0 amide bonds. The lowest BCUT2D eigenvalue weighted by molar-refractivity contribution is 0.306. The van der Waals surface area contributed by atoms with E-state index >= 15 is 0 Å². The fourth-order valence-electron chi connectivity index (χ4n) is 2.05. The quantitative estimate of drug-likeness (QED) is 0.784. The summed E-state index contributed by atoms with van der Waals surface area (Å²) in [5.74, 6) is 1.05. The van der Waals surface area contributed by atoms with Crippen LogP contribution in [0.2, 0.25) is 0 Å². The number of fused-ring (bicyclic) bond motifs is 1. The lowest BCUT2D eigenvalue weighted by Crippen LogP contribution is -1.94. The van der Waals surface area contributed by atoms with Gasteiger partial charge in [0.1, 0.15) is 23.1 Å². The lowest BCUT2D eigenvalue weighted by atomic mass is 10.1. The van der Waals surface area contributed by atoms with Gasteiger partial charge < -0.3 is 9.84 Å². The number of phenols is 1. The summed E-state index contributed by atoms with van der Waals surface area (Å²) in [6, 6.07) is 11.2. The van der Waals surface area contributed by atoms with E-state index in [1.807, 2.05) is 31.2 Å². The van der Waals surface area contributed by atoms with Crippen molar-refractivity contribution in [2.45, 2.75) is 20.5 Å². The molecule has 3 rings (SSSR count). The number of rotatable bonds is 3. The first kappa shape index (κ1) is 12.9. The Morgan fingerprint density at radius 1 is 1.10 bits per heavy atom. The van der Waals surface area contributed by atoms with Crippen LogP contribution in [0.15, 0.2) is 36.4 Å². The molecule has 3 nitrogen and oxygen atoms in total. The standard InChI is InChI=1S/C16H15NO2S/c1-10-11(2)20-16(17-10)9-19-15-6-4-12-3-5-14(18)7-13(12)8-15/h3-8,18H,9H2,1-2H3. The molecule has 2 aromatic carbocycles. The van der Waals surface area contributed by atoms with E-state index in [4.69, 9.17) is 4.74 Å². The van der Waals surface area contributed by atoms with E-state index in [1.165, 1.54) is 4.88 Å². The Balaban J connectivity index is 1.80. The van der Waals surface area contributed by atoms with Crippen molar-refractivity contribution in [3.05, 3.63) is 52.0 Å². The number of hydrogen-bond donors (Lipinski definition) is 1. The predicted octanol–water partition coefficient (Wildman–Crippen LogP) is 4.20. The largest absolute Gasteiger partial charge is 0.508 e. The van der Waals surface area contributed by atoms with Gasteiger partial charge in [0.25, 0.3) is 0 Å². The topological polar surface area (TPSA) is 42.4 Å². The Morgan fingerprint density at radius 2 is 1.90 bits per heavy atom. The van der Waals surface area contributed by atoms with Gasteiger partial charge in [-0.3, -0.25) is 0 Å². The van der Waals surface area contributed by atoms with Crippen LogP contribution >= 0.6 is 11.3 Å². The molecule has 20 heavy (non-hydrogen) atoms. The summed E-state index contributed by atoms with van der Waals surface area (Å²) in [5, 5.41) is 12.5. The fraction of sp³-hybridized carbons (Fsp3) is 0.188. The zero-order valence-electron chi connectivity index (χ0n) is 11.4. The van der Waals surface area contributed by atoms with Crippen LogP contribution in [0.4, 0.5) is 0 Å². The third-order valence-corrected chi connectivity index (χ3v) is 4.28. The van der Waals surface area contributed by atoms with Crippen molar-refractivity contribution >= 4 is 22.1 Å². The second-order valence-corrected chi connectivity index (χ2v) is 6.02. The number of aromatic hydroxyl groups is 1. The summed E-state index contributed by atoms with van der Waals surface area (Å²) in [6.07, 6.45) is 0. The molecule has 4 heteroatoms. The van der Waals surface area contributed by atoms with Crippen LogP contribution in [0.1, 0.15) is 15.6 Å². The predicted molar refractivity (Wildman–Crippen MR) is 81.5 cm³/mol. The first-order valence-electron chi connectivity index (χ1n) is 6.40. The Hall–Kier alpha value is -2.07. The highest BCUT2D eigenvalue weighted by Crippen LogP contribution is 2.25. The van der Waals surface area contributed by atoms with Crippen molar-refractivity contribution in [3.8, 4) is 11.5 Å². The number of nitrogens with zero attached hydrogens (tertiary/aromatic N) is 1. The minimum atomic E-state index is 0.265. The van der Waals surface area contributed by atoms with E-state index in [0.29, 0.717) is 6.61 Å². The summed E-state index contributed by atoms with van der Waals surface area (Å²) in [4.78, 5) is 5.68. The van der Waals surface area contributed by atoms with Gasteiger partial charge in [-0.05, 0) is 48.9 Å². The molecule has 1 N–H and O–H groups in total. The molecule has 1 aromatic heterocycles. The molecule has 3 aromatic rings. The molecule has 0 aliphatic rings. The molecule has 0 radical (unpaired) electrons. The third-order valence-electron chi connectivity index (χ3n) is 3.23. The molecule has 0 bridgehead atoms.